The van der Waals surface area contributed by atoms with Gasteiger partial charge in [0.05, 0.1) is 0 Å². The minimum Gasteiger partial charge on any atom is -0.374 e. The molecule has 4 heteroatoms. The SMILES string of the molecule is CN(C)OC(=N)Cl. The molecule has 3 nitrogen and oxygen atoms in total. The van der Waals surface area contributed by atoms with Gasteiger partial charge in [0.1, 0.15) is 0 Å². The average molecular weight is 123 g/mol. The van der Waals surface area contributed by atoms with Crippen molar-refractivity contribution in [3.8, 4) is 0 Å². The molecule has 0 saturated carbocycles. The fraction of sp³-hybridized carbons (Fsp3) is 0.667. The van der Waals surface area contributed by atoms with E-state index in [0.717, 1.165) is 0 Å². The minimum atomic E-state index is -0.315. The standard InChI is InChI=1S/C3H7ClN2O/c1-6(2)7-3(4)5/h5H,1-2H3. The Kier molecular flexibility index (Phi) is 2.71. The summed E-state index contributed by atoms with van der Waals surface area (Å²) >= 11 is 4.99. The van der Waals surface area contributed by atoms with Crippen LogP contribution in [0.15, 0.2) is 0 Å². The lowest BCUT2D eigenvalue weighted by atomic mass is 11.2. The van der Waals surface area contributed by atoms with E-state index in [9.17, 15) is 0 Å². The van der Waals surface area contributed by atoms with E-state index in [0.29, 0.717) is 0 Å². The summed E-state index contributed by atoms with van der Waals surface area (Å²) in [7, 11) is 3.30. The maximum absolute atomic E-state index is 6.53. The maximum Gasteiger partial charge on any atom is 0.300 e. The molecule has 0 radical (unpaired) electrons. The molecule has 0 aromatic rings. The molecule has 42 valence electrons. The van der Waals surface area contributed by atoms with Gasteiger partial charge in [-0.05, 0) is 11.6 Å². The van der Waals surface area contributed by atoms with Crippen LogP contribution in [0.2, 0.25) is 0 Å². The summed E-state index contributed by atoms with van der Waals surface area (Å²) in [6.07, 6.45) is 0. The maximum atomic E-state index is 6.53. The Bertz CT molecular complexity index is 73.3. The van der Waals surface area contributed by atoms with Crippen LogP contribution in [0.5, 0.6) is 0 Å². The number of hydroxylamine groups is 2. The molecule has 0 bridgehead atoms. The van der Waals surface area contributed by atoms with Crippen LogP contribution in [0.3, 0.4) is 0 Å². The van der Waals surface area contributed by atoms with Gasteiger partial charge in [0, 0.05) is 14.1 Å². The third-order valence-corrected chi connectivity index (χ3v) is 0.332. The summed E-state index contributed by atoms with van der Waals surface area (Å²) in [5.41, 5.74) is 0. The van der Waals surface area contributed by atoms with Crippen molar-refractivity contribution in [3.63, 3.8) is 0 Å². The van der Waals surface area contributed by atoms with Crippen molar-refractivity contribution in [2.24, 2.45) is 0 Å². The molecule has 0 amide bonds. The van der Waals surface area contributed by atoms with Crippen LogP contribution in [0.25, 0.3) is 0 Å². The number of nitrogens with one attached hydrogen (secondary N) is 1. The highest BCUT2D eigenvalue weighted by molar-refractivity contribution is 6.61. The van der Waals surface area contributed by atoms with E-state index < -0.39 is 0 Å². The molecule has 0 aromatic heterocycles. The highest BCUT2D eigenvalue weighted by Crippen LogP contribution is 1.84. The highest BCUT2D eigenvalue weighted by Gasteiger charge is 1.89. The fourth-order valence-corrected chi connectivity index (χ4v) is 0.298. The Balaban J connectivity index is 3.13. The predicted molar refractivity (Wildman–Crippen MR) is 28.4 cm³/mol. The van der Waals surface area contributed by atoms with Gasteiger partial charge in [-0.3, -0.25) is 5.41 Å². The summed E-state index contributed by atoms with van der Waals surface area (Å²) in [5, 5.41) is 7.55. The zero-order chi connectivity index (χ0) is 5.86. The minimum absolute atomic E-state index is 0.315. The molecule has 0 heterocycles. The number of rotatable bonds is 1. The number of hydrogen-bond acceptors (Lipinski definition) is 3. The predicted octanol–water partition coefficient (Wildman–Crippen LogP) is 0.653. The first kappa shape index (κ1) is 6.72. The third-order valence-electron chi connectivity index (χ3n) is 0.263. The topological polar surface area (TPSA) is 36.3 Å². The van der Waals surface area contributed by atoms with Crippen LogP contribution in [-0.4, -0.2) is 24.5 Å². The monoisotopic (exact) mass is 122 g/mol. The van der Waals surface area contributed by atoms with Crippen molar-refractivity contribution in [2.45, 2.75) is 0 Å². The largest absolute Gasteiger partial charge is 0.374 e. The van der Waals surface area contributed by atoms with Crippen LogP contribution in [0.4, 0.5) is 0 Å². The van der Waals surface area contributed by atoms with Gasteiger partial charge in [-0.25, -0.2) is 0 Å². The summed E-state index contributed by atoms with van der Waals surface area (Å²) in [5.74, 6) is 0. The molecule has 0 spiro atoms. The number of nitrogens with zero attached hydrogens (tertiary/aromatic N) is 1. The van der Waals surface area contributed by atoms with E-state index in [1.807, 2.05) is 0 Å². The van der Waals surface area contributed by atoms with Crippen LogP contribution in [0.1, 0.15) is 0 Å². The molecule has 0 unspecified atom stereocenters. The van der Waals surface area contributed by atoms with Gasteiger partial charge in [0.25, 0.3) is 5.36 Å². The van der Waals surface area contributed by atoms with Crippen molar-refractivity contribution in [2.75, 3.05) is 14.1 Å². The molecular weight excluding hydrogens is 115 g/mol. The van der Waals surface area contributed by atoms with E-state index in [4.69, 9.17) is 17.0 Å². The van der Waals surface area contributed by atoms with Gasteiger partial charge in [-0.1, -0.05) is 0 Å². The Hall–Kier alpha value is -0.280. The summed E-state index contributed by atoms with van der Waals surface area (Å²) in [6, 6.07) is 0. The Morgan fingerprint density at radius 3 is 2.14 bits per heavy atom. The van der Waals surface area contributed by atoms with E-state index in [1.54, 1.807) is 14.1 Å². The Morgan fingerprint density at radius 2 is 2.14 bits per heavy atom. The molecule has 0 aliphatic rings. The van der Waals surface area contributed by atoms with Gasteiger partial charge in [-0.15, -0.1) is 5.06 Å². The smallest absolute Gasteiger partial charge is 0.300 e. The lowest BCUT2D eigenvalue weighted by molar-refractivity contribution is -0.0154. The van der Waals surface area contributed by atoms with Crippen LogP contribution in [0, 0.1) is 5.41 Å². The summed E-state index contributed by atoms with van der Waals surface area (Å²) in [4.78, 5) is 4.43. The van der Waals surface area contributed by atoms with Gasteiger partial charge < -0.3 is 4.84 Å². The first-order chi connectivity index (χ1) is 3.13. The van der Waals surface area contributed by atoms with Crippen LogP contribution in [-0.2, 0) is 4.84 Å². The first-order valence-electron chi connectivity index (χ1n) is 1.72. The van der Waals surface area contributed by atoms with Gasteiger partial charge >= 0.3 is 0 Å². The second-order valence-corrected chi connectivity index (χ2v) is 1.52. The highest BCUT2D eigenvalue weighted by atomic mass is 35.5. The van der Waals surface area contributed by atoms with Crippen molar-refractivity contribution in [1.82, 2.24) is 5.06 Å². The number of halogens is 1. The van der Waals surface area contributed by atoms with E-state index in [1.165, 1.54) is 5.06 Å². The van der Waals surface area contributed by atoms with Crippen LogP contribution >= 0.6 is 11.6 Å². The third kappa shape index (κ3) is 5.72. The first-order valence-corrected chi connectivity index (χ1v) is 2.10. The molecule has 1 N–H and O–H groups in total. The number of hydrogen-bond donors (Lipinski definition) is 1. The molecular formula is C3H7ClN2O. The molecule has 0 saturated heterocycles. The van der Waals surface area contributed by atoms with E-state index in [-0.39, 0.29) is 5.36 Å². The fourth-order valence-electron chi connectivity index (χ4n) is 0.160. The van der Waals surface area contributed by atoms with Crippen molar-refractivity contribution < 1.29 is 4.84 Å². The van der Waals surface area contributed by atoms with E-state index in [2.05, 4.69) is 4.84 Å². The lowest BCUT2D eigenvalue weighted by Gasteiger charge is -2.06. The Morgan fingerprint density at radius 1 is 1.71 bits per heavy atom. The molecule has 0 rings (SSSR count). The Labute approximate surface area is 47.3 Å². The molecule has 7 heavy (non-hydrogen) atoms. The zero-order valence-corrected chi connectivity index (χ0v) is 4.99. The van der Waals surface area contributed by atoms with Crippen LogP contribution < -0.4 is 0 Å². The summed E-state index contributed by atoms with van der Waals surface area (Å²) in [6.45, 7) is 0. The average Bonchev–Trinajstić information content (AvgIpc) is 1.27. The van der Waals surface area contributed by atoms with Gasteiger partial charge in [0.15, 0.2) is 0 Å². The second kappa shape index (κ2) is 2.82. The normalized spacial score (nSPS) is 9.14. The molecule has 0 fully saturated rings. The molecule has 0 aromatic carbocycles. The van der Waals surface area contributed by atoms with Gasteiger partial charge in [-0.2, -0.15) is 0 Å². The quantitative estimate of drug-likeness (QED) is 0.315. The molecule has 0 aliphatic carbocycles. The summed E-state index contributed by atoms with van der Waals surface area (Å²) < 4.78 is 0. The zero-order valence-electron chi connectivity index (χ0n) is 4.23. The van der Waals surface area contributed by atoms with Crippen molar-refractivity contribution in [3.05, 3.63) is 0 Å². The van der Waals surface area contributed by atoms with E-state index >= 15 is 0 Å². The van der Waals surface area contributed by atoms with Gasteiger partial charge in [0.2, 0.25) is 0 Å². The lowest BCUT2D eigenvalue weighted by Crippen LogP contribution is -2.13. The second-order valence-electron chi connectivity index (χ2n) is 1.18. The molecule has 0 atom stereocenters. The molecule has 0 aliphatic heterocycles. The van der Waals surface area contributed by atoms with Crippen molar-refractivity contribution >= 4 is 17.0 Å². The van der Waals surface area contributed by atoms with Crippen molar-refractivity contribution in [1.29, 1.82) is 5.41 Å².